The van der Waals surface area contributed by atoms with Gasteiger partial charge in [-0.25, -0.2) is 9.36 Å². The molecular weight excluding hydrogens is 248 g/mol. The van der Waals surface area contributed by atoms with Gasteiger partial charge < -0.3 is 4.84 Å². The van der Waals surface area contributed by atoms with E-state index in [4.69, 9.17) is 4.84 Å². The van der Waals surface area contributed by atoms with Gasteiger partial charge in [-0.3, -0.25) is 9.59 Å². The van der Waals surface area contributed by atoms with Crippen LogP contribution in [0.5, 0.6) is 0 Å². The van der Waals surface area contributed by atoms with Gasteiger partial charge in [-0.15, -0.1) is 5.06 Å². The summed E-state index contributed by atoms with van der Waals surface area (Å²) in [7, 11) is 1.89. The Morgan fingerprint density at radius 2 is 2.05 bits per heavy atom. The zero-order valence-electron chi connectivity index (χ0n) is 10.7. The molecule has 0 spiro atoms. The minimum Gasteiger partial charge on any atom is -0.330 e. The van der Waals surface area contributed by atoms with Crippen molar-refractivity contribution in [1.82, 2.24) is 5.06 Å². The summed E-state index contributed by atoms with van der Waals surface area (Å²) in [6.45, 7) is 0. The fourth-order valence-corrected chi connectivity index (χ4v) is 1.85. The zero-order chi connectivity index (χ0) is 13.8. The second kappa shape index (κ2) is 5.60. The minimum absolute atomic E-state index is 0.112. The third-order valence-electron chi connectivity index (χ3n) is 2.82. The molecule has 1 aliphatic rings. The third-order valence-corrected chi connectivity index (χ3v) is 2.82. The number of aryl methyl sites for hydroxylation is 2. The molecule has 1 aromatic rings. The quantitative estimate of drug-likeness (QED) is 0.568. The molecule has 2 rings (SSSR count). The molecule has 0 aromatic carbocycles. The number of hydroxylamine groups is 2. The Morgan fingerprint density at radius 1 is 1.37 bits per heavy atom. The molecule has 1 saturated heterocycles. The fraction of sp³-hybridized carbons (Fsp3) is 0.385. The van der Waals surface area contributed by atoms with Crippen LogP contribution >= 0.6 is 0 Å². The van der Waals surface area contributed by atoms with Crippen molar-refractivity contribution in [2.24, 2.45) is 7.05 Å². The van der Waals surface area contributed by atoms with Crippen LogP contribution in [0.25, 0.3) is 0 Å². The van der Waals surface area contributed by atoms with Crippen molar-refractivity contribution in [3.63, 3.8) is 0 Å². The molecule has 2 heterocycles. The van der Waals surface area contributed by atoms with E-state index in [1.807, 2.05) is 36.1 Å². The number of hydrogen-bond donors (Lipinski definition) is 0. The minimum atomic E-state index is -0.574. The van der Waals surface area contributed by atoms with Gasteiger partial charge in [0.15, 0.2) is 12.4 Å². The Labute approximate surface area is 110 Å². The molecule has 0 saturated carbocycles. The van der Waals surface area contributed by atoms with E-state index in [0.717, 1.165) is 5.56 Å². The van der Waals surface area contributed by atoms with Crippen molar-refractivity contribution in [3.05, 3.63) is 30.1 Å². The summed E-state index contributed by atoms with van der Waals surface area (Å²) >= 11 is 0. The molecule has 0 unspecified atom stereocenters. The lowest BCUT2D eigenvalue weighted by Crippen LogP contribution is -2.32. The van der Waals surface area contributed by atoms with Crippen LogP contribution in [0, 0.1) is 0 Å². The second-order valence-electron chi connectivity index (χ2n) is 4.42. The number of nitrogens with zero attached hydrogens (tertiary/aromatic N) is 2. The van der Waals surface area contributed by atoms with E-state index >= 15 is 0 Å². The highest BCUT2D eigenvalue weighted by Crippen LogP contribution is 2.13. The van der Waals surface area contributed by atoms with Gasteiger partial charge in [0.2, 0.25) is 0 Å². The van der Waals surface area contributed by atoms with Gasteiger partial charge in [0, 0.05) is 24.5 Å². The molecule has 0 bridgehead atoms. The summed E-state index contributed by atoms with van der Waals surface area (Å²) in [5, 5.41) is 0.577. The molecule has 2 amide bonds. The molecule has 100 valence electrons. The molecule has 1 fully saturated rings. The van der Waals surface area contributed by atoms with E-state index < -0.39 is 17.8 Å². The summed E-state index contributed by atoms with van der Waals surface area (Å²) in [5.74, 6) is -1.48. The molecule has 0 atom stereocenters. The number of aromatic nitrogens is 1. The number of amides is 2. The largest absolute Gasteiger partial charge is 0.333 e. The Morgan fingerprint density at radius 3 is 2.68 bits per heavy atom. The number of carbonyl (C=O) groups is 3. The molecular formula is C13H15N2O4+. The molecule has 0 N–H and O–H groups in total. The van der Waals surface area contributed by atoms with Gasteiger partial charge >= 0.3 is 5.97 Å². The second-order valence-corrected chi connectivity index (χ2v) is 4.42. The van der Waals surface area contributed by atoms with Crippen LogP contribution in [-0.2, 0) is 32.7 Å². The first-order chi connectivity index (χ1) is 9.06. The van der Waals surface area contributed by atoms with E-state index in [2.05, 4.69) is 0 Å². The van der Waals surface area contributed by atoms with E-state index in [1.54, 1.807) is 0 Å². The van der Waals surface area contributed by atoms with Crippen LogP contribution in [0.4, 0.5) is 0 Å². The molecule has 0 aliphatic carbocycles. The summed E-state index contributed by atoms with van der Waals surface area (Å²) < 4.78 is 1.88. The van der Waals surface area contributed by atoms with Crippen molar-refractivity contribution in [1.29, 1.82) is 0 Å². The van der Waals surface area contributed by atoms with Crippen LogP contribution in [0.3, 0.4) is 0 Å². The van der Waals surface area contributed by atoms with Gasteiger partial charge in [-0.05, 0) is 12.5 Å². The average molecular weight is 263 g/mol. The Hall–Kier alpha value is -2.24. The van der Waals surface area contributed by atoms with E-state index in [-0.39, 0.29) is 19.3 Å². The molecule has 1 aromatic heterocycles. The van der Waals surface area contributed by atoms with E-state index in [0.29, 0.717) is 11.5 Å². The van der Waals surface area contributed by atoms with Crippen molar-refractivity contribution in [2.45, 2.75) is 25.7 Å². The number of rotatable bonds is 4. The molecule has 1 aliphatic heterocycles. The summed E-state index contributed by atoms with van der Waals surface area (Å²) in [5.41, 5.74) is 0.987. The first-order valence-corrected chi connectivity index (χ1v) is 6.07. The highest BCUT2D eigenvalue weighted by molar-refractivity contribution is 6.01. The third kappa shape index (κ3) is 3.37. The topological polar surface area (TPSA) is 67.6 Å². The predicted octanol–water partition coefficient (Wildman–Crippen LogP) is 0.0509. The lowest BCUT2D eigenvalue weighted by molar-refractivity contribution is -0.671. The summed E-state index contributed by atoms with van der Waals surface area (Å²) in [4.78, 5) is 38.9. The van der Waals surface area contributed by atoms with Crippen LogP contribution < -0.4 is 4.57 Å². The van der Waals surface area contributed by atoms with Crippen molar-refractivity contribution >= 4 is 17.8 Å². The van der Waals surface area contributed by atoms with Gasteiger partial charge in [0.05, 0.1) is 6.42 Å². The fourth-order valence-electron chi connectivity index (χ4n) is 1.85. The Bertz CT molecular complexity index is 511. The van der Waals surface area contributed by atoms with E-state index in [1.165, 1.54) is 0 Å². The van der Waals surface area contributed by atoms with Crippen LogP contribution in [0.2, 0.25) is 0 Å². The maximum absolute atomic E-state index is 11.6. The summed E-state index contributed by atoms with van der Waals surface area (Å²) in [6, 6.07) is 3.79. The molecule has 6 nitrogen and oxygen atoms in total. The SMILES string of the molecule is C[n+]1cccc(CCC(=O)ON2C(=O)CCC2=O)c1. The number of hydrogen-bond acceptors (Lipinski definition) is 4. The molecule has 19 heavy (non-hydrogen) atoms. The lowest BCUT2D eigenvalue weighted by Gasteiger charge is -2.12. The maximum Gasteiger partial charge on any atom is 0.333 e. The van der Waals surface area contributed by atoms with Gasteiger partial charge in [0.25, 0.3) is 11.8 Å². The van der Waals surface area contributed by atoms with Crippen molar-refractivity contribution in [2.75, 3.05) is 0 Å². The maximum atomic E-state index is 11.6. The smallest absolute Gasteiger partial charge is 0.330 e. The monoisotopic (exact) mass is 263 g/mol. The Kier molecular flexibility index (Phi) is 3.89. The van der Waals surface area contributed by atoms with Gasteiger partial charge in [-0.2, -0.15) is 0 Å². The predicted molar refractivity (Wildman–Crippen MR) is 63.1 cm³/mol. The average Bonchev–Trinajstić information content (AvgIpc) is 2.68. The van der Waals surface area contributed by atoms with Gasteiger partial charge in [-0.1, -0.05) is 0 Å². The van der Waals surface area contributed by atoms with Crippen LogP contribution in [0.1, 0.15) is 24.8 Å². The first-order valence-electron chi connectivity index (χ1n) is 6.07. The highest BCUT2D eigenvalue weighted by atomic mass is 16.7. The molecule has 0 radical (unpaired) electrons. The van der Waals surface area contributed by atoms with E-state index in [9.17, 15) is 14.4 Å². The van der Waals surface area contributed by atoms with Crippen LogP contribution in [0.15, 0.2) is 24.5 Å². The number of pyridine rings is 1. The summed E-state index contributed by atoms with van der Waals surface area (Å²) in [6.07, 6.45) is 4.65. The zero-order valence-corrected chi connectivity index (χ0v) is 10.7. The van der Waals surface area contributed by atoms with Gasteiger partial charge in [0.1, 0.15) is 7.05 Å². The van der Waals surface area contributed by atoms with Crippen molar-refractivity contribution in [3.8, 4) is 0 Å². The van der Waals surface area contributed by atoms with Crippen molar-refractivity contribution < 1.29 is 23.8 Å². The Balaban J connectivity index is 1.85. The number of carbonyl (C=O) groups excluding carboxylic acids is 3. The standard InChI is InChI=1S/C13H15N2O4/c1-14-8-2-3-10(9-14)4-7-13(18)19-15-11(16)5-6-12(15)17/h2-3,8-9H,4-7H2,1H3/q+1. The number of imide groups is 1. The lowest BCUT2D eigenvalue weighted by atomic mass is 10.1. The highest BCUT2D eigenvalue weighted by Gasteiger charge is 2.32. The van der Waals surface area contributed by atoms with Crippen LogP contribution in [-0.4, -0.2) is 22.8 Å². The normalized spacial score (nSPS) is 14.9. The molecule has 6 heteroatoms. The first kappa shape index (κ1) is 13.2.